The molecule has 0 unspecified atom stereocenters. The largest absolute Gasteiger partial charge is 0.376 e. The number of hydrogen-bond acceptors (Lipinski definition) is 6. The van der Waals surface area contributed by atoms with Crippen LogP contribution < -0.4 is 16.1 Å². The van der Waals surface area contributed by atoms with E-state index in [2.05, 4.69) is 10.6 Å². The molecular weight excluding hydrogens is 438 g/mol. The number of carbonyl (C=O) groups is 3. The molecular formula is C25H31N3O6. The molecule has 1 fully saturated rings. The Labute approximate surface area is 198 Å². The highest BCUT2D eigenvalue weighted by Crippen LogP contribution is 2.47. The predicted octanol–water partition coefficient (Wildman–Crippen LogP) is 1.06. The van der Waals surface area contributed by atoms with Crippen LogP contribution in [0, 0.1) is 17.8 Å². The van der Waals surface area contributed by atoms with Crippen LogP contribution in [0.2, 0.25) is 0 Å². The fourth-order valence-electron chi connectivity index (χ4n) is 4.00. The molecule has 34 heavy (non-hydrogen) atoms. The summed E-state index contributed by atoms with van der Waals surface area (Å²) in [6, 6.07) is 18.5. The Hall–Kier alpha value is -3.27. The molecule has 9 heteroatoms. The molecule has 3 amide bonds. The Bertz CT molecular complexity index is 940. The molecule has 9 nitrogen and oxygen atoms in total. The maximum absolute atomic E-state index is 13.1. The second-order valence-electron chi connectivity index (χ2n) is 8.27. The van der Waals surface area contributed by atoms with Crippen molar-refractivity contribution >= 4 is 17.7 Å². The summed E-state index contributed by atoms with van der Waals surface area (Å²) in [5, 5.41) is 14.1. The van der Waals surface area contributed by atoms with Crippen molar-refractivity contribution in [3.63, 3.8) is 0 Å². The molecule has 0 spiro atoms. The van der Waals surface area contributed by atoms with Gasteiger partial charge < -0.3 is 20.1 Å². The third kappa shape index (κ3) is 7.38. The van der Waals surface area contributed by atoms with Gasteiger partial charge in [0.2, 0.25) is 11.8 Å². The van der Waals surface area contributed by atoms with E-state index < -0.39 is 17.9 Å². The molecule has 3 rings (SSSR count). The van der Waals surface area contributed by atoms with E-state index >= 15 is 0 Å². The van der Waals surface area contributed by atoms with Crippen LogP contribution >= 0.6 is 0 Å². The Morgan fingerprint density at radius 2 is 1.50 bits per heavy atom. The van der Waals surface area contributed by atoms with Crippen molar-refractivity contribution in [3.05, 3.63) is 71.8 Å². The Kier molecular flexibility index (Phi) is 9.57. The van der Waals surface area contributed by atoms with Crippen molar-refractivity contribution in [1.82, 2.24) is 16.1 Å². The molecule has 4 N–H and O–H groups in total. The van der Waals surface area contributed by atoms with Gasteiger partial charge in [-0.25, -0.2) is 5.48 Å². The lowest BCUT2D eigenvalue weighted by molar-refractivity contribution is -0.134. The molecule has 2 aromatic rings. The second-order valence-corrected chi connectivity index (χ2v) is 8.27. The van der Waals surface area contributed by atoms with Crippen molar-refractivity contribution in [2.45, 2.75) is 19.1 Å². The minimum atomic E-state index is -0.715. The van der Waals surface area contributed by atoms with Crippen molar-refractivity contribution in [2.24, 2.45) is 17.8 Å². The van der Waals surface area contributed by atoms with Crippen LogP contribution in [0.25, 0.3) is 0 Å². The normalized spacial score (nSPS) is 19.6. The zero-order valence-corrected chi connectivity index (χ0v) is 19.1. The fourth-order valence-corrected chi connectivity index (χ4v) is 4.00. The van der Waals surface area contributed by atoms with Crippen molar-refractivity contribution < 1.29 is 29.1 Å². The summed E-state index contributed by atoms with van der Waals surface area (Å²) in [7, 11) is 1.53. The number of hydrogen-bond donors (Lipinski definition) is 4. The quantitative estimate of drug-likeness (QED) is 0.257. The van der Waals surface area contributed by atoms with Crippen LogP contribution in [0.1, 0.15) is 11.1 Å². The summed E-state index contributed by atoms with van der Waals surface area (Å²) >= 11 is 0. The van der Waals surface area contributed by atoms with E-state index in [1.54, 1.807) is 0 Å². The summed E-state index contributed by atoms with van der Waals surface area (Å²) in [4.78, 5) is 36.8. The number of likely N-dealkylation sites (N-methyl/N-ethyl adjacent to an activating group) is 1. The number of rotatable bonds is 13. The molecule has 0 radical (unpaired) electrons. The van der Waals surface area contributed by atoms with E-state index in [4.69, 9.17) is 14.7 Å². The van der Waals surface area contributed by atoms with Crippen LogP contribution in [0.4, 0.5) is 0 Å². The first kappa shape index (κ1) is 25.4. The zero-order valence-electron chi connectivity index (χ0n) is 19.1. The second kappa shape index (κ2) is 12.8. The number of nitrogens with one attached hydrogen (secondary N) is 3. The third-order valence-electron chi connectivity index (χ3n) is 5.89. The maximum Gasteiger partial charge on any atom is 0.269 e. The van der Waals surface area contributed by atoms with Gasteiger partial charge in [-0.15, -0.1) is 0 Å². The topological polar surface area (TPSA) is 126 Å². The first-order chi connectivity index (χ1) is 16.5. The summed E-state index contributed by atoms with van der Waals surface area (Å²) in [6.45, 7) is 0.611. The number of ether oxygens (including phenoxy) is 2. The van der Waals surface area contributed by atoms with E-state index in [-0.39, 0.29) is 36.9 Å². The van der Waals surface area contributed by atoms with Crippen molar-refractivity contribution in [1.29, 1.82) is 0 Å². The fraction of sp³-hybridized carbons (Fsp3) is 0.400. The molecule has 0 bridgehead atoms. The van der Waals surface area contributed by atoms with E-state index in [1.807, 2.05) is 60.7 Å². The van der Waals surface area contributed by atoms with Gasteiger partial charge in [0.25, 0.3) is 5.91 Å². The van der Waals surface area contributed by atoms with Crippen LogP contribution in [-0.2, 0) is 36.9 Å². The van der Waals surface area contributed by atoms with Crippen molar-refractivity contribution in [3.8, 4) is 0 Å². The highest BCUT2D eigenvalue weighted by Gasteiger charge is 2.55. The average molecular weight is 470 g/mol. The molecule has 0 aromatic heterocycles. The van der Waals surface area contributed by atoms with Gasteiger partial charge in [0.05, 0.1) is 19.8 Å². The summed E-state index contributed by atoms with van der Waals surface area (Å²) in [5.74, 6) is -1.87. The van der Waals surface area contributed by atoms with E-state index in [0.717, 1.165) is 11.1 Å². The molecule has 1 aliphatic carbocycles. The number of hydroxylamine groups is 1. The lowest BCUT2D eigenvalue weighted by Gasteiger charge is -2.18. The van der Waals surface area contributed by atoms with Gasteiger partial charge in [-0.05, 0) is 23.0 Å². The lowest BCUT2D eigenvalue weighted by atomic mass is 10.0. The lowest BCUT2D eigenvalue weighted by Crippen LogP contribution is -2.47. The van der Waals surface area contributed by atoms with Gasteiger partial charge in [0.1, 0.15) is 12.6 Å². The van der Waals surface area contributed by atoms with E-state index in [9.17, 15) is 14.4 Å². The predicted molar refractivity (Wildman–Crippen MR) is 123 cm³/mol. The number of amides is 3. The highest BCUT2D eigenvalue weighted by atomic mass is 16.5. The monoisotopic (exact) mass is 469 g/mol. The van der Waals surface area contributed by atoms with Crippen LogP contribution in [0.3, 0.4) is 0 Å². The third-order valence-corrected chi connectivity index (χ3v) is 5.89. The van der Waals surface area contributed by atoms with Crippen LogP contribution in [0.5, 0.6) is 0 Å². The van der Waals surface area contributed by atoms with Gasteiger partial charge in [-0.3, -0.25) is 19.6 Å². The molecule has 182 valence electrons. The Morgan fingerprint density at radius 3 is 2.09 bits per heavy atom. The summed E-state index contributed by atoms with van der Waals surface area (Å²) in [5.41, 5.74) is 3.47. The molecule has 0 heterocycles. The van der Waals surface area contributed by atoms with Crippen LogP contribution in [0.15, 0.2) is 60.7 Å². The van der Waals surface area contributed by atoms with Gasteiger partial charge in [0.15, 0.2) is 0 Å². The van der Waals surface area contributed by atoms with Gasteiger partial charge in [0, 0.05) is 19.4 Å². The molecule has 1 aliphatic rings. The average Bonchev–Trinajstić information content (AvgIpc) is 3.56. The minimum absolute atomic E-state index is 0.108. The molecule has 2 aromatic carbocycles. The Morgan fingerprint density at radius 1 is 0.912 bits per heavy atom. The zero-order chi connectivity index (χ0) is 24.3. The SMILES string of the molecule is CNC(=O)[C@H](Cc1ccccc1)NC(=O)[C@H]1[C@@H](COCC(=O)NO)[C@@H]1COCc1ccccc1. The number of carbonyl (C=O) groups excluding carboxylic acids is 3. The van der Waals surface area contributed by atoms with Gasteiger partial charge in [-0.2, -0.15) is 0 Å². The summed E-state index contributed by atoms with van der Waals surface area (Å²) in [6.07, 6.45) is 0.367. The smallest absolute Gasteiger partial charge is 0.269 e. The maximum atomic E-state index is 13.1. The molecule has 4 atom stereocenters. The van der Waals surface area contributed by atoms with Crippen molar-refractivity contribution in [2.75, 3.05) is 26.9 Å². The highest BCUT2D eigenvalue weighted by molar-refractivity contribution is 5.90. The molecule has 0 saturated heterocycles. The van der Waals surface area contributed by atoms with Gasteiger partial charge in [-0.1, -0.05) is 60.7 Å². The Balaban J connectivity index is 1.60. The van der Waals surface area contributed by atoms with Gasteiger partial charge >= 0.3 is 0 Å². The molecule has 0 aliphatic heterocycles. The number of benzene rings is 2. The first-order valence-electron chi connectivity index (χ1n) is 11.2. The molecule has 1 saturated carbocycles. The minimum Gasteiger partial charge on any atom is -0.376 e. The summed E-state index contributed by atoms with van der Waals surface area (Å²) < 4.78 is 11.2. The first-order valence-corrected chi connectivity index (χ1v) is 11.2. The van der Waals surface area contributed by atoms with Crippen LogP contribution in [-0.4, -0.2) is 55.8 Å². The van der Waals surface area contributed by atoms with E-state index in [1.165, 1.54) is 12.5 Å². The standard InChI is InChI=1S/C25H31N3O6/c1-26-24(30)21(12-17-8-4-2-5-9-17)27-25(31)23-19(20(23)15-34-16-22(29)28-32)14-33-13-18-10-6-3-7-11-18/h2-11,19-21,23,32H,12-16H2,1H3,(H,26,30)(H,27,31)(H,28,29)/t19-,20-,21-,23+/m0/s1. The van der Waals surface area contributed by atoms with E-state index in [0.29, 0.717) is 19.6 Å².